The van der Waals surface area contributed by atoms with Crippen LogP contribution in [0.2, 0.25) is 0 Å². The van der Waals surface area contributed by atoms with Crippen LogP contribution < -0.4 is 9.80 Å². The van der Waals surface area contributed by atoms with Crippen LogP contribution in [0.25, 0.3) is 0 Å². The van der Waals surface area contributed by atoms with Gasteiger partial charge in [-0.25, -0.2) is 0 Å². The Morgan fingerprint density at radius 1 is 0.446 bits per heavy atom. The van der Waals surface area contributed by atoms with Crippen LogP contribution in [0.3, 0.4) is 0 Å². The Balaban J connectivity index is 0.000000172. The molecule has 0 aromatic heterocycles. The number of rotatable bonds is 8. The van der Waals surface area contributed by atoms with Crippen molar-refractivity contribution in [2.45, 2.75) is 44.8 Å². The lowest BCUT2D eigenvalue weighted by Crippen LogP contribution is -2.45. The summed E-state index contributed by atoms with van der Waals surface area (Å²) in [4.78, 5) is 17.6. The maximum atomic E-state index is 13.3. The molecule has 4 heterocycles. The topological polar surface area (TPSA) is 19.4 Å². The second-order valence-corrected chi connectivity index (χ2v) is 17.0. The van der Waals surface area contributed by atoms with Gasteiger partial charge in [-0.05, 0) is 101 Å². The fraction of sp³-hybridized carbons (Fsp3) is 0.429. The fourth-order valence-corrected chi connectivity index (χ4v) is 9.69. The molecule has 2 fully saturated rings. The third kappa shape index (κ3) is 9.82. The molecule has 0 aliphatic carbocycles. The minimum absolute atomic E-state index is 0.588. The van der Waals surface area contributed by atoms with Crippen molar-refractivity contribution in [2.75, 3.05) is 102 Å². The van der Waals surface area contributed by atoms with Crippen molar-refractivity contribution in [3.8, 4) is 0 Å². The van der Waals surface area contributed by atoms with Gasteiger partial charge in [0.15, 0.2) is 0 Å². The molecule has 4 aliphatic rings. The Kier molecular flexibility index (Phi) is 12.8. The van der Waals surface area contributed by atoms with Gasteiger partial charge in [0, 0.05) is 85.0 Å². The molecule has 0 bridgehead atoms. The summed E-state index contributed by atoms with van der Waals surface area (Å²) in [5.74, 6) is 0. The summed E-state index contributed by atoms with van der Waals surface area (Å²) in [5, 5.41) is 0. The van der Waals surface area contributed by atoms with E-state index < -0.39 is 23.5 Å². The van der Waals surface area contributed by atoms with E-state index in [1.165, 1.54) is 24.3 Å². The van der Waals surface area contributed by atoms with Gasteiger partial charge in [0.05, 0.1) is 33.9 Å². The molecular weight excluding hydrogens is 767 g/mol. The van der Waals surface area contributed by atoms with Crippen molar-refractivity contribution in [3.05, 3.63) is 96.1 Å². The lowest BCUT2D eigenvalue weighted by atomic mass is 10.1. The van der Waals surface area contributed by atoms with Crippen molar-refractivity contribution < 1.29 is 26.3 Å². The van der Waals surface area contributed by atoms with Crippen molar-refractivity contribution in [1.29, 1.82) is 0 Å². The zero-order valence-electron chi connectivity index (χ0n) is 31.7. The summed E-state index contributed by atoms with van der Waals surface area (Å²) < 4.78 is 79.6. The highest BCUT2D eigenvalue weighted by Crippen LogP contribution is 2.51. The van der Waals surface area contributed by atoms with E-state index in [-0.39, 0.29) is 0 Å². The molecule has 0 amide bonds. The average Bonchev–Trinajstić information content (AvgIpc) is 3.18. The number of benzene rings is 4. The zero-order valence-corrected chi connectivity index (χ0v) is 33.4. The summed E-state index contributed by atoms with van der Waals surface area (Å²) in [6.45, 7) is 11.8. The van der Waals surface area contributed by atoms with E-state index in [4.69, 9.17) is 0 Å². The Labute approximate surface area is 334 Å². The molecule has 0 radical (unpaired) electrons. The number of hydrogen-bond acceptors (Lipinski definition) is 8. The molecule has 2 saturated heterocycles. The summed E-state index contributed by atoms with van der Waals surface area (Å²) in [5.41, 5.74) is 2.15. The highest BCUT2D eigenvalue weighted by Gasteiger charge is 2.35. The maximum absolute atomic E-state index is 13.3. The Bertz CT molecular complexity index is 1800. The lowest BCUT2D eigenvalue weighted by Gasteiger charge is -2.35. The predicted octanol–water partition coefficient (Wildman–Crippen LogP) is 9.89. The van der Waals surface area contributed by atoms with Crippen molar-refractivity contribution in [1.82, 2.24) is 19.6 Å². The minimum Gasteiger partial charge on any atom is -0.340 e. The molecule has 300 valence electrons. The lowest BCUT2D eigenvalue weighted by molar-refractivity contribution is -0.138. The third-order valence-electron chi connectivity index (χ3n) is 10.8. The zero-order chi connectivity index (χ0) is 39.5. The predicted molar refractivity (Wildman–Crippen MR) is 215 cm³/mol. The molecule has 0 atom stereocenters. The molecule has 6 nitrogen and oxygen atoms in total. The minimum atomic E-state index is -4.33. The van der Waals surface area contributed by atoms with Crippen LogP contribution >= 0.6 is 23.5 Å². The van der Waals surface area contributed by atoms with Crippen LogP contribution in [0.15, 0.2) is 105 Å². The fourth-order valence-electron chi connectivity index (χ4n) is 7.54. The molecule has 8 rings (SSSR count). The number of para-hydroxylation sites is 2. The Morgan fingerprint density at radius 2 is 0.804 bits per heavy atom. The summed E-state index contributed by atoms with van der Waals surface area (Å²) in [6, 6.07) is 24.1. The molecule has 0 spiro atoms. The first-order valence-corrected chi connectivity index (χ1v) is 20.8. The number of nitrogens with zero attached hydrogens (tertiary/aromatic N) is 6. The van der Waals surface area contributed by atoms with Crippen molar-refractivity contribution in [2.24, 2.45) is 0 Å². The van der Waals surface area contributed by atoms with Gasteiger partial charge in [0.2, 0.25) is 0 Å². The first-order valence-electron chi connectivity index (χ1n) is 19.2. The van der Waals surface area contributed by atoms with Gasteiger partial charge in [-0.15, -0.1) is 0 Å². The van der Waals surface area contributed by atoms with Crippen LogP contribution in [0.1, 0.15) is 24.0 Å². The quantitative estimate of drug-likeness (QED) is 0.162. The maximum Gasteiger partial charge on any atom is 0.416 e. The SMILES string of the molecule is CN1CCN(CCCN2c3ccccc3Sc3ccc(C(F)(F)F)cc32)CC1.CN1CCN(CCCN2c3ccccc3Sc3ccc(C(F)(F)F)cc32)CC1. The highest BCUT2D eigenvalue weighted by molar-refractivity contribution is 8.00. The summed E-state index contributed by atoms with van der Waals surface area (Å²) >= 11 is 3.08. The van der Waals surface area contributed by atoms with Gasteiger partial charge >= 0.3 is 12.4 Å². The molecule has 4 aromatic carbocycles. The molecule has 0 unspecified atom stereocenters. The van der Waals surface area contributed by atoms with E-state index >= 15 is 0 Å². The standard InChI is InChI=1S/2C21H24F3N3S/c2*1-25-11-13-26(14-12-25)9-4-10-27-17-5-2-3-6-19(17)28-20-8-7-16(15-18(20)27)21(22,23)24/h2*2-3,5-8,15H,4,9-14H2,1H3. The summed E-state index contributed by atoms with van der Waals surface area (Å²) in [6.07, 6.45) is -6.83. The Hall–Kier alpha value is -3.40. The highest BCUT2D eigenvalue weighted by atomic mass is 32.2. The number of piperazine rings is 2. The van der Waals surface area contributed by atoms with Crippen LogP contribution in [-0.2, 0) is 12.4 Å². The van der Waals surface area contributed by atoms with E-state index in [0.29, 0.717) is 24.5 Å². The van der Waals surface area contributed by atoms with Gasteiger partial charge in [0.25, 0.3) is 0 Å². The first-order chi connectivity index (χ1) is 26.8. The average molecular weight is 815 g/mol. The molecule has 4 aliphatic heterocycles. The van der Waals surface area contributed by atoms with Crippen LogP contribution in [0.4, 0.5) is 49.1 Å². The molecule has 4 aromatic rings. The van der Waals surface area contributed by atoms with Gasteiger partial charge < -0.3 is 29.4 Å². The van der Waals surface area contributed by atoms with E-state index in [2.05, 4.69) is 43.5 Å². The van der Waals surface area contributed by atoms with E-state index in [9.17, 15) is 26.3 Å². The molecule has 0 saturated carbocycles. The number of hydrogen-bond donors (Lipinski definition) is 0. The second-order valence-electron chi connectivity index (χ2n) is 14.8. The van der Waals surface area contributed by atoms with Gasteiger partial charge in [-0.1, -0.05) is 47.8 Å². The number of fused-ring (bicyclic) bond motifs is 4. The monoisotopic (exact) mass is 814 g/mol. The van der Waals surface area contributed by atoms with E-state index in [0.717, 1.165) is 109 Å². The smallest absolute Gasteiger partial charge is 0.340 e. The molecule has 56 heavy (non-hydrogen) atoms. The number of anilines is 4. The Morgan fingerprint density at radius 3 is 1.18 bits per heavy atom. The van der Waals surface area contributed by atoms with E-state index in [1.54, 1.807) is 35.7 Å². The van der Waals surface area contributed by atoms with Crippen LogP contribution in [-0.4, -0.2) is 112 Å². The normalized spacial score (nSPS) is 18.1. The van der Waals surface area contributed by atoms with E-state index in [1.807, 2.05) is 48.5 Å². The van der Waals surface area contributed by atoms with Gasteiger partial charge in [-0.3, -0.25) is 0 Å². The third-order valence-corrected chi connectivity index (χ3v) is 13.1. The van der Waals surface area contributed by atoms with Crippen molar-refractivity contribution in [3.63, 3.8) is 0 Å². The summed E-state index contributed by atoms with van der Waals surface area (Å²) in [7, 11) is 4.27. The molecule has 14 heteroatoms. The molecule has 0 N–H and O–H groups in total. The van der Waals surface area contributed by atoms with Crippen molar-refractivity contribution >= 4 is 46.3 Å². The number of halogens is 6. The van der Waals surface area contributed by atoms with Crippen LogP contribution in [0.5, 0.6) is 0 Å². The van der Waals surface area contributed by atoms with Gasteiger partial charge in [0.1, 0.15) is 0 Å². The first kappa shape index (κ1) is 40.8. The van der Waals surface area contributed by atoms with Gasteiger partial charge in [-0.2, -0.15) is 26.3 Å². The van der Waals surface area contributed by atoms with Crippen LogP contribution in [0, 0.1) is 0 Å². The number of alkyl halides is 6. The number of likely N-dealkylation sites (N-methyl/N-ethyl adjacent to an activating group) is 2. The molecular formula is C42H48F6N6S2. The second kappa shape index (κ2) is 17.6. The largest absolute Gasteiger partial charge is 0.416 e.